The number of para-hydroxylation sites is 1. The number of aromatic nitrogens is 6. The number of anilines is 3. The molecule has 0 aliphatic carbocycles. The average molecular weight is 572 g/mol. The molecule has 0 radical (unpaired) electrons. The molecular weight excluding hydrogens is 549 g/mol. The molecule has 2 aromatic carbocycles. The Morgan fingerprint density at radius 1 is 0.950 bits per heavy atom. The summed E-state index contributed by atoms with van der Waals surface area (Å²) < 4.78 is 2.80. The van der Waals surface area contributed by atoms with E-state index in [1.165, 1.54) is 21.1 Å². The molecule has 0 aliphatic heterocycles. The first kappa shape index (κ1) is 26.8. The fourth-order valence-corrected chi connectivity index (χ4v) is 4.86. The van der Waals surface area contributed by atoms with Crippen molar-refractivity contribution in [3.63, 3.8) is 0 Å². The molecule has 0 aliphatic rings. The van der Waals surface area contributed by atoms with Crippen molar-refractivity contribution in [1.82, 2.24) is 29.8 Å². The highest BCUT2D eigenvalue weighted by molar-refractivity contribution is 6.37. The van der Waals surface area contributed by atoms with Gasteiger partial charge in [0.05, 0.1) is 28.5 Å². The molecule has 13 heteroatoms. The van der Waals surface area contributed by atoms with Crippen molar-refractivity contribution in [1.29, 1.82) is 0 Å². The van der Waals surface area contributed by atoms with E-state index in [4.69, 9.17) is 35.5 Å². The molecule has 0 spiro atoms. The molecular formula is C27H23Cl2N11. The van der Waals surface area contributed by atoms with Crippen LogP contribution in [-0.2, 0) is 0 Å². The van der Waals surface area contributed by atoms with E-state index in [1.807, 2.05) is 13.8 Å². The molecule has 0 saturated heterocycles. The number of aryl methyl sites for hydroxylation is 4. The summed E-state index contributed by atoms with van der Waals surface area (Å²) in [5, 5.41) is 30.0. The minimum Gasteiger partial charge on any atom is -0.382 e. The van der Waals surface area contributed by atoms with Crippen LogP contribution in [0.5, 0.6) is 0 Å². The lowest BCUT2D eigenvalue weighted by molar-refractivity contribution is 0.813. The van der Waals surface area contributed by atoms with Gasteiger partial charge in [-0.15, -0.1) is 20.4 Å². The molecule has 0 fully saturated rings. The molecule has 0 amide bonds. The Hall–Kier alpha value is -4.79. The Bertz CT molecular complexity index is 1770. The fourth-order valence-electron chi connectivity index (χ4n) is 4.30. The normalized spacial score (nSPS) is 11.2. The minimum atomic E-state index is 0.147. The van der Waals surface area contributed by atoms with Crippen LogP contribution < -0.4 is 11.1 Å². The summed E-state index contributed by atoms with van der Waals surface area (Å²) in [6, 6.07) is 12.8. The molecule has 3 aromatic heterocycles. The Balaban J connectivity index is 1.45. The fraction of sp³-hybridized carbons (Fsp3) is 0.148. The van der Waals surface area contributed by atoms with Gasteiger partial charge in [0.25, 0.3) is 5.69 Å². The molecule has 3 heterocycles. The lowest BCUT2D eigenvalue weighted by atomic mass is 10.1. The first-order valence-electron chi connectivity index (χ1n) is 12.0. The smallest absolute Gasteiger partial charge is 0.252 e. The number of nitrogen functional groups attached to an aromatic ring is 1. The van der Waals surface area contributed by atoms with Crippen molar-refractivity contribution in [2.24, 2.45) is 10.2 Å². The maximum atomic E-state index is 7.52. The van der Waals surface area contributed by atoms with Crippen molar-refractivity contribution < 1.29 is 0 Å². The Morgan fingerprint density at radius 2 is 1.65 bits per heavy atom. The predicted molar refractivity (Wildman–Crippen MR) is 156 cm³/mol. The third-order valence-electron chi connectivity index (χ3n) is 6.10. The van der Waals surface area contributed by atoms with E-state index in [0.29, 0.717) is 38.7 Å². The summed E-state index contributed by atoms with van der Waals surface area (Å²) >= 11 is 12.7. The van der Waals surface area contributed by atoms with Gasteiger partial charge in [0, 0.05) is 5.69 Å². The second kappa shape index (κ2) is 10.8. The van der Waals surface area contributed by atoms with Gasteiger partial charge in [0.15, 0.2) is 29.0 Å². The molecule has 5 rings (SSSR count). The van der Waals surface area contributed by atoms with Gasteiger partial charge in [-0.05, 0) is 63.1 Å². The summed E-state index contributed by atoms with van der Waals surface area (Å²) in [6.07, 6.45) is 1.37. The molecule has 0 saturated carbocycles. The highest BCUT2D eigenvalue weighted by atomic mass is 35.5. The average Bonchev–Trinajstić information content (AvgIpc) is 3.44. The molecule has 0 unspecified atom stereocenters. The van der Waals surface area contributed by atoms with Crippen molar-refractivity contribution >= 4 is 57.7 Å². The number of nitrogens with one attached hydrogen (secondary N) is 1. The Morgan fingerprint density at radius 3 is 2.27 bits per heavy atom. The van der Waals surface area contributed by atoms with Gasteiger partial charge < -0.3 is 11.1 Å². The van der Waals surface area contributed by atoms with Crippen molar-refractivity contribution in [2.45, 2.75) is 27.7 Å². The predicted octanol–water partition coefficient (Wildman–Crippen LogP) is 7.68. The van der Waals surface area contributed by atoms with Crippen molar-refractivity contribution in [3.8, 4) is 11.5 Å². The first-order valence-corrected chi connectivity index (χ1v) is 12.8. The van der Waals surface area contributed by atoms with Crippen LogP contribution in [0.2, 0.25) is 10.0 Å². The summed E-state index contributed by atoms with van der Waals surface area (Å²) in [5.74, 6) is 1.33. The molecule has 5 aromatic rings. The number of nitrogens with zero attached hydrogens (tertiary/aromatic N) is 9. The van der Waals surface area contributed by atoms with Crippen molar-refractivity contribution in [3.05, 3.63) is 92.5 Å². The lowest BCUT2D eigenvalue weighted by Crippen LogP contribution is -2.06. The number of benzene rings is 2. The molecule has 40 heavy (non-hydrogen) atoms. The van der Waals surface area contributed by atoms with Gasteiger partial charge in [-0.3, -0.25) is 0 Å². The van der Waals surface area contributed by atoms with Gasteiger partial charge >= 0.3 is 0 Å². The SMILES string of the molecule is [C-]#[N+]c1cnn(-c2c(Cl)cccc2Cl)c1N=Nc1c(C)nn(-c2ccc(Nc3c(C)cc(C)cc3C)nn2)c1N. The van der Waals surface area contributed by atoms with Crippen LogP contribution in [0.3, 0.4) is 0 Å². The third-order valence-corrected chi connectivity index (χ3v) is 6.71. The summed E-state index contributed by atoms with van der Waals surface area (Å²) in [4.78, 5) is 3.49. The van der Waals surface area contributed by atoms with Crippen LogP contribution in [0.15, 0.2) is 58.9 Å². The van der Waals surface area contributed by atoms with Crippen LogP contribution in [-0.4, -0.2) is 29.8 Å². The first-order chi connectivity index (χ1) is 19.2. The molecule has 0 bridgehead atoms. The lowest BCUT2D eigenvalue weighted by Gasteiger charge is -2.13. The monoisotopic (exact) mass is 571 g/mol. The third kappa shape index (κ3) is 4.98. The molecule has 200 valence electrons. The molecule has 0 atom stereocenters. The van der Waals surface area contributed by atoms with Crippen molar-refractivity contribution in [2.75, 3.05) is 11.1 Å². The second-order valence-corrected chi connectivity index (χ2v) is 9.87. The number of hydrogen-bond acceptors (Lipinski definition) is 8. The molecule has 3 N–H and O–H groups in total. The number of halogens is 2. The topological polar surface area (TPSA) is 129 Å². The quantitative estimate of drug-likeness (QED) is 0.159. The zero-order chi connectivity index (χ0) is 28.6. The Labute approximate surface area is 240 Å². The van der Waals surface area contributed by atoms with E-state index < -0.39 is 0 Å². The number of rotatable bonds is 6. The number of hydrogen-bond donors (Lipinski definition) is 2. The van der Waals surface area contributed by atoms with Crippen LogP contribution in [0.25, 0.3) is 16.4 Å². The highest BCUT2D eigenvalue weighted by Crippen LogP contribution is 2.38. The van der Waals surface area contributed by atoms with E-state index >= 15 is 0 Å². The second-order valence-electron chi connectivity index (χ2n) is 9.05. The molecule has 11 nitrogen and oxygen atoms in total. The van der Waals surface area contributed by atoms with Crippen LogP contribution in [0.1, 0.15) is 22.4 Å². The largest absolute Gasteiger partial charge is 0.382 e. The zero-order valence-electron chi connectivity index (χ0n) is 22.0. The van der Waals surface area contributed by atoms with E-state index in [0.717, 1.165) is 16.8 Å². The van der Waals surface area contributed by atoms with Gasteiger partial charge in [0.1, 0.15) is 5.69 Å². The minimum absolute atomic E-state index is 0.147. The van der Waals surface area contributed by atoms with E-state index in [1.54, 1.807) is 37.3 Å². The van der Waals surface area contributed by atoms with E-state index in [9.17, 15) is 0 Å². The van der Waals surface area contributed by atoms with Crippen LogP contribution in [0.4, 0.5) is 34.5 Å². The Kier molecular flexibility index (Phi) is 7.21. The number of azo groups is 1. The van der Waals surface area contributed by atoms with E-state index in [2.05, 4.69) is 59.8 Å². The standard InChI is InChI=1S/C27H23Cl2N11/c1-14-11-15(2)23(16(3)12-14)33-21-9-10-22(35-34-21)39-26(30)24(17(4)38-39)36-37-27-20(31-5)13-32-40(27)25-18(28)7-6-8-19(25)29/h6-13H,30H2,1-4H3,(H,33,34). The summed E-state index contributed by atoms with van der Waals surface area (Å²) in [7, 11) is 0. The van der Waals surface area contributed by atoms with Crippen LogP contribution in [0, 0.1) is 34.3 Å². The van der Waals surface area contributed by atoms with Crippen LogP contribution >= 0.6 is 23.2 Å². The van der Waals surface area contributed by atoms with E-state index in [-0.39, 0.29) is 17.3 Å². The zero-order valence-corrected chi connectivity index (χ0v) is 23.5. The summed E-state index contributed by atoms with van der Waals surface area (Å²) in [5.41, 5.74) is 12.2. The number of nitrogens with two attached hydrogens (primary N) is 1. The van der Waals surface area contributed by atoms with Gasteiger partial charge in [-0.2, -0.15) is 14.9 Å². The van der Waals surface area contributed by atoms with Gasteiger partial charge in [-0.25, -0.2) is 9.53 Å². The van der Waals surface area contributed by atoms with Gasteiger partial charge in [-0.1, -0.05) is 47.0 Å². The van der Waals surface area contributed by atoms with Gasteiger partial charge in [0.2, 0.25) is 0 Å². The maximum absolute atomic E-state index is 7.52. The highest BCUT2D eigenvalue weighted by Gasteiger charge is 2.19. The maximum Gasteiger partial charge on any atom is 0.252 e. The summed E-state index contributed by atoms with van der Waals surface area (Å²) in [6.45, 7) is 15.4.